The molecule has 2 aromatic carbocycles. The highest BCUT2D eigenvalue weighted by Crippen LogP contribution is 2.18. The van der Waals surface area contributed by atoms with Gasteiger partial charge in [0, 0.05) is 29.6 Å². The van der Waals surface area contributed by atoms with Crippen molar-refractivity contribution in [1.82, 2.24) is 9.55 Å². The summed E-state index contributed by atoms with van der Waals surface area (Å²) in [7, 11) is 0. The van der Waals surface area contributed by atoms with Crippen molar-refractivity contribution >= 4 is 17.5 Å². The van der Waals surface area contributed by atoms with Crippen LogP contribution in [-0.4, -0.2) is 9.55 Å². The van der Waals surface area contributed by atoms with Gasteiger partial charge in [0.15, 0.2) is 0 Å². The van der Waals surface area contributed by atoms with Crippen LogP contribution < -0.4 is 5.32 Å². The number of benzene rings is 2. The molecule has 0 aliphatic rings. The Bertz CT molecular complexity index is 692. The summed E-state index contributed by atoms with van der Waals surface area (Å²) in [6, 6.07) is 17.9. The first-order valence-corrected chi connectivity index (χ1v) is 6.78. The molecule has 0 bridgehead atoms. The molecule has 0 atom stereocenters. The van der Waals surface area contributed by atoms with Crippen LogP contribution in [0.3, 0.4) is 0 Å². The second-order valence-corrected chi connectivity index (χ2v) is 4.81. The molecular weight excluding hydrogens is 270 g/mol. The van der Waals surface area contributed by atoms with E-state index in [1.54, 1.807) is 6.20 Å². The van der Waals surface area contributed by atoms with E-state index >= 15 is 0 Å². The van der Waals surface area contributed by atoms with Gasteiger partial charge in [0.05, 0.1) is 0 Å². The highest BCUT2D eigenvalue weighted by Gasteiger charge is 2.05. The number of anilines is 1. The van der Waals surface area contributed by atoms with Gasteiger partial charge in [-0.05, 0) is 23.8 Å². The van der Waals surface area contributed by atoms with Gasteiger partial charge in [-0.3, -0.25) is 4.57 Å². The summed E-state index contributed by atoms with van der Waals surface area (Å²) in [6.45, 7) is 0.642. The highest BCUT2D eigenvalue weighted by molar-refractivity contribution is 6.31. The van der Waals surface area contributed by atoms with Crippen molar-refractivity contribution in [3.05, 3.63) is 77.6 Å². The van der Waals surface area contributed by atoms with Crippen LogP contribution in [-0.2, 0) is 6.54 Å². The van der Waals surface area contributed by atoms with Crippen LogP contribution in [0.1, 0.15) is 5.56 Å². The molecule has 100 valence electrons. The molecule has 0 aliphatic heterocycles. The molecule has 0 spiro atoms. The molecule has 20 heavy (non-hydrogen) atoms. The number of rotatable bonds is 4. The maximum absolute atomic E-state index is 6.15. The number of nitrogens with one attached hydrogen (secondary N) is 1. The predicted octanol–water partition coefficient (Wildman–Crippen LogP) is 4.14. The number of halogens is 1. The molecule has 1 aromatic heterocycles. The lowest BCUT2D eigenvalue weighted by Gasteiger charge is -2.10. The van der Waals surface area contributed by atoms with Crippen molar-refractivity contribution in [3.8, 4) is 5.69 Å². The minimum absolute atomic E-state index is 0.642. The second kappa shape index (κ2) is 5.80. The van der Waals surface area contributed by atoms with Crippen LogP contribution >= 0.6 is 11.6 Å². The SMILES string of the molecule is Clc1ccccc1CNc1nccn1-c1ccccc1. The van der Waals surface area contributed by atoms with Crippen molar-refractivity contribution in [2.75, 3.05) is 5.32 Å². The number of para-hydroxylation sites is 1. The maximum Gasteiger partial charge on any atom is 0.207 e. The summed E-state index contributed by atoms with van der Waals surface area (Å²) in [4.78, 5) is 4.35. The summed E-state index contributed by atoms with van der Waals surface area (Å²) in [5.74, 6) is 0.802. The first kappa shape index (κ1) is 12.8. The van der Waals surface area contributed by atoms with E-state index in [9.17, 15) is 0 Å². The highest BCUT2D eigenvalue weighted by atomic mass is 35.5. The van der Waals surface area contributed by atoms with Gasteiger partial charge >= 0.3 is 0 Å². The zero-order valence-corrected chi connectivity index (χ0v) is 11.6. The molecule has 4 heteroatoms. The third kappa shape index (κ3) is 2.68. The smallest absolute Gasteiger partial charge is 0.207 e. The van der Waals surface area contributed by atoms with E-state index in [0.29, 0.717) is 6.54 Å². The van der Waals surface area contributed by atoms with E-state index in [1.807, 2.05) is 65.4 Å². The number of imidazole rings is 1. The maximum atomic E-state index is 6.15. The Morgan fingerprint density at radius 1 is 1.00 bits per heavy atom. The average molecular weight is 284 g/mol. The van der Waals surface area contributed by atoms with E-state index in [4.69, 9.17) is 11.6 Å². The molecule has 0 amide bonds. The molecule has 0 saturated heterocycles. The standard InChI is InChI=1S/C16H14ClN3/c17-15-9-5-4-6-13(15)12-19-16-18-10-11-20(16)14-7-2-1-3-8-14/h1-11H,12H2,(H,18,19). The minimum atomic E-state index is 0.642. The molecule has 0 radical (unpaired) electrons. The van der Waals surface area contributed by atoms with Gasteiger partial charge in [-0.2, -0.15) is 0 Å². The van der Waals surface area contributed by atoms with Crippen molar-refractivity contribution in [1.29, 1.82) is 0 Å². The molecular formula is C16H14ClN3. The van der Waals surface area contributed by atoms with E-state index < -0.39 is 0 Å². The molecule has 3 aromatic rings. The van der Waals surface area contributed by atoms with Crippen molar-refractivity contribution in [2.45, 2.75) is 6.54 Å². The Kier molecular flexibility index (Phi) is 3.70. The summed E-state index contributed by atoms with van der Waals surface area (Å²) in [6.07, 6.45) is 3.71. The van der Waals surface area contributed by atoms with Gasteiger partial charge < -0.3 is 5.32 Å². The Hall–Kier alpha value is -2.26. The van der Waals surface area contributed by atoms with Gasteiger partial charge in [-0.25, -0.2) is 4.98 Å². The van der Waals surface area contributed by atoms with E-state index in [2.05, 4.69) is 10.3 Å². The quantitative estimate of drug-likeness (QED) is 0.780. The van der Waals surface area contributed by atoms with E-state index in [-0.39, 0.29) is 0 Å². The van der Waals surface area contributed by atoms with Crippen LogP contribution in [0.25, 0.3) is 5.69 Å². The first-order valence-electron chi connectivity index (χ1n) is 6.40. The summed E-state index contributed by atoms with van der Waals surface area (Å²) < 4.78 is 2.01. The summed E-state index contributed by atoms with van der Waals surface area (Å²) in [5.41, 5.74) is 2.13. The Morgan fingerprint density at radius 2 is 1.75 bits per heavy atom. The second-order valence-electron chi connectivity index (χ2n) is 4.40. The minimum Gasteiger partial charge on any atom is -0.351 e. The van der Waals surface area contributed by atoms with Gasteiger partial charge in [-0.1, -0.05) is 48.0 Å². The third-order valence-electron chi connectivity index (χ3n) is 3.07. The van der Waals surface area contributed by atoms with Crippen molar-refractivity contribution in [2.24, 2.45) is 0 Å². The molecule has 0 unspecified atom stereocenters. The molecule has 3 rings (SSSR count). The lowest BCUT2D eigenvalue weighted by atomic mass is 10.2. The Labute approximate surface area is 122 Å². The predicted molar refractivity (Wildman–Crippen MR) is 82.3 cm³/mol. The fraction of sp³-hybridized carbons (Fsp3) is 0.0625. The van der Waals surface area contributed by atoms with Crippen LogP contribution in [0.2, 0.25) is 5.02 Å². The topological polar surface area (TPSA) is 29.9 Å². The summed E-state index contributed by atoms with van der Waals surface area (Å²) >= 11 is 6.15. The Balaban J connectivity index is 1.80. The normalized spacial score (nSPS) is 10.4. The molecule has 1 N–H and O–H groups in total. The lowest BCUT2D eigenvalue weighted by molar-refractivity contribution is 1.00. The summed E-state index contributed by atoms with van der Waals surface area (Å²) in [5, 5.41) is 4.08. The van der Waals surface area contributed by atoms with Crippen molar-refractivity contribution in [3.63, 3.8) is 0 Å². The number of nitrogens with zero attached hydrogens (tertiary/aromatic N) is 2. The van der Waals surface area contributed by atoms with E-state index in [0.717, 1.165) is 22.2 Å². The zero-order chi connectivity index (χ0) is 13.8. The third-order valence-corrected chi connectivity index (χ3v) is 3.44. The first-order chi connectivity index (χ1) is 9.84. The average Bonchev–Trinajstić information content (AvgIpc) is 2.96. The molecule has 1 heterocycles. The zero-order valence-electron chi connectivity index (χ0n) is 10.8. The molecule has 3 nitrogen and oxygen atoms in total. The van der Waals surface area contributed by atoms with Gasteiger partial charge in [0.2, 0.25) is 5.95 Å². The van der Waals surface area contributed by atoms with Crippen LogP contribution in [0, 0.1) is 0 Å². The van der Waals surface area contributed by atoms with Gasteiger partial charge in [0.1, 0.15) is 0 Å². The monoisotopic (exact) mass is 283 g/mol. The molecule has 0 aliphatic carbocycles. The Morgan fingerprint density at radius 3 is 2.55 bits per heavy atom. The lowest BCUT2D eigenvalue weighted by Crippen LogP contribution is -2.06. The van der Waals surface area contributed by atoms with Crippen LogP contribution in [0.15, 0.2) is 67.0 Å². The van der Waals surface area contributed by atoms with Crippen LogP contribution in [0.5, 0.6) is 0 Å². The van der Waals surface area contributed by atoms with Gasteiger partial charge in [0.25, 0.3) is 0 Å². The van der Waals surface area contributed by atoms with E-state index in [1.165, 1.54) is 0 Å². The number of aromatic nitrogens is 2. The fourth-order valence-corrected chi connectivity index (χ4v) is 2.25. The number of hydrogen-bond acceptors (Lipinski definition) is 2. The van der Waals surface area contributed by atoms with Crippen LogP contribution in [0.4, 0.5) is 5.95 Å². The van der Waals surface area contributed by atoms with Crippen molar-refractivity contribution < 1.29 is 0 Å². The molecule has 0 saturated carbocycles. The number of hydrogen-bond donors (Lipinski definition) is 1. The fourth-order valence-electron chi connectivity index (χ4n) is 2.05. The molecule has 0 fully saturated rings. The largest absolute Gasteiger partial charge is 0.351 e. The van der Waals surface area contributed by atoms with Gasteiger partial charge in [-0.15, -0.1) is 0 Å².